The molecule has 1 saturated heterocycles. The summed E-state index contributed by atoms with van der Waals surface area (Å²) in [7, 11) is 1.27. The van der Waals surface area contributed by atoms with E-state index in [9.17, 15) is 20.0 Å². The molecule has 2 rings (SSSR count). The number of anilines is 1. The fourth-order valence-electron chi connectivity index (χ4n) is 2.72. The molecule has 0 spiro atoms. The molecule has 23 heavy (non-hydrogen) atoms. The van der Waals surface area contributed by atoms with Crippen LogP contribution in [0.1, 0.15) is 18.4 Å². The van der Waals surface area contributed by atoms with Gasteiger partial charge in [0.1, 0.15) is 5.69 Å². The zero-order chi connectivity index (χ0) is 16.8. The zero-order valence-corrected chi connectivity index (χ0v) is 13.0. The largest absolute Gasteiger partial charge is 0.466 e. The minimum atomic E-state index is -0.515. The summed E-state index contributed by atoms with van der Waals surface area (Å²) in [6.45, 7) is 1.42. The van der Waals surface area contributed by atoms with Gasteiger partial charge in [0.2, 0.25) is 0 Å². The molecule has 1 aromatic carbocycles. The minimum Gasteiger partial charge on any atom is -0.466 e. The maximum atomic E-state index is 11.4. The summed E-state index contributed by atoms with van der Waals surface area (Å²) in [5.41, 5.74) is 1.10. The normalized spacial score (nSPS) is 18.2. The Balaban J connectivity index is 2.28. The molecular weight excluding hydrogens is 300 g/mol. The fourth-order valence-corrected chi connectivity index (χ4v) is 2.72. The molecule has 0 unspecified atom stereocenters. The SMILES string of the molecule is COC(=O)/C=C\c1ccc(N2CCC[C@@H](CO)C2)c([N+](=O)[O-])c1. The van der Waals surface area contributed by atoms with Crippen molar-refractivity contribution < 1.29 is 19.6 Å². The van der Waals surface area contributed by atoms with Gasteiger partial charge in [-0.3, -0.25) is 10.1 Å². The molecule has 1 heterocycles. The smallest absolute Gasteiger partial charge is 0.330 e. The van der Waals surface area contributed by atoms with Gasteiger partial charge in [-0.15, -0.1) is 0 Å². The standard InChI is InChI=1S/C16H20N2O5/c1-23-16(20)7-5-12-4-6-14(15(9-12)18(21)22)17-8-2-3-13(10-17)11-19/h4-7,9,13,19H,2-3,8,10-11H2,1H3/b7-5-/t13-/m1/s1. The highest BCUT2D eigenvalue weighted by Gasteiger charge is 2.25. The quantitative estimate of drug-likeness (QED) is 0.386. The van der Waals surface area contributed by atoms with E-state index in [0.717, 1.165) is 19.4 Å². The Morgan fingerprint density at radius 3 is 3.00 bits per heavy atom. The first kappa shape index (κ1) is 17.0. The summed E-state index contributed by atoms with van der Waals surface area (Å²) in [5, 5.41) is 20.7. The maximum Gasteiger partial charge on any atom is 0.330 e. The Kier molecular flexibility index (Phi) is 5.70. The number of hydrogen-bond acceptors (Lipinski definition) is 6. The van der Waals surface area contributed by atoms with Gasteiger partial charge in [0.25, 0.3) is 5.69 Å². The summed E-state index contributed by atoms with van der Waals surface area (Å²) < 4.78 is 4.50. The lowest BCUT2D eigenvalue weighted by Crippen LogP contribution is -2.37. The van der Waals surface area contributed by atoms with Crippen molar-refractivity contribution in [2.75, 3.05) is 31.7 Å². The number of benzene rings is 1. The Hall–Kier alpha value is -2.41. The van der Waals surface area contributed by atoms with E-state index in [1.807, 2.05) is 4.90 Å². The molecule has 124 valence electrons. The van der Waals surface area contributed by atoms with Crippen LogP contribution in [0.3, 0.4) is 0 Å². The lowest BCUT2D eigenvalue weighted by molar-refractivity contribution is -0.384. The van der Waals surface area contributed by atoms with E-state index in [0.29, 0.717) is 17.8 Å². The van der Waals surface area contributed by atoms with Crippen LogP contribution < -0.4 is 4.90 Å². The molecule has 1 fully saturated rings. The summed E-state index contributed by atoms with van der Waals surface area (Å²) in [6, 6.07) is 4.86. The van der Waals surface area contributed by atoms with Crippen LogP contribution >= 0.6 is 0 Å². The van der Waals surface area contributed by atoms with Crippen LogP contribution in [0, 0.1) is 16.0 Å². The third-order valence-corrected chi connectivity index (χ3v) is 3.93. The van der Waals surface area contributed by atoms with E-state index in [2.05, 4.69) is 4.74 Å². The van der Waals surface area contributed by atoms with Gasteiger partial charge in [0.05, 0.1) is 12.0 Å². The van der Waals surface area contributed by atoms with Gasteiger partial charge in [-0.05, 0) is 36.5 Å². The number of esters is 1. The topological polar surface area (TPSA) is 92.9 Å². The van der Waals surface area contributed by atoms with Gasteiger partial charge in [-0.2, -0.15) is 0 Å². The summed E-state index contributed by atoms with van der Waals surface area (Å²) >= 11 is 0. The second-order valence-corrected chi connectivity index (χ2v) is 5.50. The summed E-state index contributed by atoms with van der Waals surface area (Å²) in [6.07, 6.45) is 4.53. The number of nitro benzene ring substituents is 1. The molecule has 0 saturated carbocycles. The van der Waals surface area contributed by atoms with Crippen LogP contribution in [0.25, 0.3) is 6.08 Å². The van der Waals surface area contributed by atoms with Crippen LogP contribution in [-0.4, -0.2) is 42.8 Å². The van der Waals surface area contributed by atoms with Crippen molar-refractivity contribution >= 4 is 23.4 Å². The molecule has 0 aromatic heterocycles. The number of aliphatic hydroxyl groups excluding tert-OH is 1. The first-order valence-electron chi connectivity index (χ1n) is 7.45. The highest BCUT2D eigenvalue weighted by molar-refractivity contribution is 5.87. The number of nitrogens with zero attached hydrogens (tertiary/aromatic N) is 2. The monoisotopic (exact) mass is 320 g/mol. The van der Waals surface area contributed by atoms with Crippen LogP contribution in [0.4, 0.5) is 11.4 Å². The Morgan fingerprint density at radius 1 is 1.57 bits per heavy atom. The molecule has 0 aliphatic carbocycles. The van der Waals surface area contributed by atoms with Gasteiger partial charge in [0, 0.05) is 31.8 Å². The van der Waals surface area contributed by atoms with Gasteiger partial charge in [0.15, 0.2) is 0 Å². The molecule has 0 amide bonds. The molecule has 7 nitrogen and oxygen atoms in total. The van der Waals surface area contributed by atoms with Crippen molar-refractivity contribution in [1.29, 1.82) is 0 Å². The fraction of sp³-hybridized carbons (Fsp3) is 0.438. The van der Waals surface area contributed by atoms with E-state index in [-0.39, 0.29) is 18.2 Å². The molecule has 1 atom stereocenters. The predicted octanol–water partition coefficient (Wildman–Crippen LogP) is 1.99. The molecular formula is C16H20N2O5. The van der Waals surface area contributed by atoms with Crippen molar-refractivity contribution in [3.8, 4) is 0 Å². The third-order valence-electron chi connectivity index (χ3n) is 3.93. The summed E-state index contributed by atoms with van der Waals surface area (Å²) in [5.74, 6) is -0.374. The van der Waals surface area contributed by atoms with Crippen LogP contribution in [0.2, 0.25) is 0 Å². The molecule has 0 bridgehead atoms. The lowest BCUT2D eigenvalue weighted by atomic mass is 9.98. The average molecular weight is 320 g/mol. The number of hydrogen-bond donors (Lipinski definition) is 1. The van der Waals surface area contributed by atoms with Crippen molar-refractivity contribution in [2.45, 2.75) is 12.8 Å². The molecule has 1 aromatic rings. The number of nitro groups is 1. The van der Waals surface area contributed by atoms with Crippen molar-refractivity contribution in [3.05, 3.63) is 40.0 Å². The van der Waals surface area contributed by atoms with E-state index in [1.54, 1.807) is 12.1 Å². The van der Waals surface area contributed by atoms with Crippen LogP contribution in [0.15, 0.2) is 24.3 Å². The van der Waals surface area contributed by atoms with Crippen LogP contribution in [0.5, 0.6) is 0 Å². The van der Waals surface area contributed by atoms with Gasteiger partial charge in [-0.25, -0.2) is 4.79 Å². The van der Waals surface area contributed by atoms with Gasteiger partial charge < -0.3 is 14.7 Å². The third kappa shape index (κ3) is 4.29. The zero-order valence-electron chi connectivity index (χ0n) is 13.0. The summed E-state index contributed by atoms with van der Waals surface area (Å²) in [4.78, 5) is 24.0. The van der Waals surface area contributed by atoms with Crippen molar-refractivity contribution in [3.63, 3.8) is 0 Å². The lowest BCUT2D eigenvalue weighted by Gasteiger charge is -2.33. The Labute approximate surface area is 134 Å². The number of carbonyl (C=O) groups is 1. The van der Waals surface area contributed by atoms with Crippen molar-refractivity contribution in [1.82, 2.24) is 0 Å². The number of rotatable bonds is 5. The van der Waals surface area contributed by atoms with E-state index >= 15 is 0 Å². The first-order valence-corrected chi connectivity index (χ1v) is 7.45. The molecule has 7 heteroatoms. The van der Waals surface area contributed by atoms with E-state index < -0.39 is 10.9 Å². The second kappa shape index (κ2) is 7.73. The Morgan fingerprint density at radius 2 is 2.35 bits per heavy atom. The highest BCUT2D eigenvalue weighted by atomic mass is 16.6. The first-order chi connectivity index (χ1) is 11.0. The average Bonchev–Trinajstić information content (AvgIpc) is 2.59. The molecule has 1 N–H and O–H groups in total. The minimum absolute atomic E-state index is 0.00407. The van der Waals surface area contributed by atoms with E-state index in [4.69, 9.17) is 0 Å². The number of methoxy groups -OCH3 is 1. The van der Waals surface area contributed by atoms with Crippen LogP contribution in [-0.2, 0) is 9.53 Å². The number of ether oxygens (including phenoxy) is 1. The molecule has 1 aliphatic heterocycles. The van der Waals surface area contributed by atoms with Gasteiger partial charge in [-0.1, -0.05) is 6.07 Å². The molecule has 1 aliphatic rings. The number of piperidine rings is 1. The highest BCUT2D eigenvalue weighted by Crippen LogP contribution is 2.32. The number of aliphatic hydroxyl groups is 1. The molecule has 0 radical (unpaired) electrons. The van der Waals surface area contributed by atoms with E-state index in [1.165, 1.54) is 25.3 Å². The number of carbonyl (C=O) groups excluding carboxylic acids is 1. The van der Waals surface area contributed by atoms with Gasteiger partial charge >= 0.3 is 5.97 Å². The maximum absolute atomic E-state index is 11.4. The van der Waals surface area contributed by atoms with Crippen molar-refractivity contribution in [2.24, 2.45) is 5.92 Å². The predicted molar refractivity (Wildman–Crippen MR) is 86.2 cm³/mol. The Bertz CT molecular complexity index is 614. The second-order valence-electron chi connectivity index (χ2n) is 5.50.